The Bertz CT molecular complexity index is 1190. The van der Waals surface area contributed by atoms with Gasteiger partial charge in [-0.1, -0.05) is 56.6 Å². The van der Waals surface area contributed by atoms with Crippen molar-refractivity contribution in [1.82, 2.24) is 5.43 Å². The van der Waals surface area contributed by atoms with Crippen molar-refractivity contribution in [3.05, 3.63) is 100 Å². The average Bonchev–Trinajstić information content (AvgIpc) is 3.61. The topological polar surface area (TPSA) is 67.8 Å². The Morgan fingerprint density at radius 2 is 1.62 bits per heavy atom. The van der Waals surface area contributed by atoms with Gasteiger partial charge in [0.1, 0.15) is 5.75 Å². The maximum atomic E-state index is 12.4. The summed E-state index contributed by atoms with van der Waals surface area (Å²) in [5, 5.41) is 4.63. The number of rotatable bonds is 6. The van der Waals surface area contributed by atoms with Crippen molar-refractivity contribution >= 4 is 29.7 Å². The summed E-state index contributed by atoms with van der Waals surface area (Å²) < 4.78 is 5.36. The number of amides is 1. The first-order valence-corrected chi connectivity index (χ1v) is 11.6. The lowest BCUT2D eigenvalue weighted by Crippen LogP contribution is -2.20. The first-order chi connectivity index (χ1) is 16.2. The van der Waals surface area contributed by atoms with Gasteiger partial charge >= 0.3 is 5.97 Å². The summed E-state index contributed by atoms with van der Waals surface area (Å²) in [6.45, 7) is 6.57. The molecule has 0 aliphatic heterocycles. The Hall–Kier alpha value is -3.44. The Kier molecular flexibility index (Phi) is 6.85. The standard InChI is InChI=1S/C28H27ClN2O3/c1-28(2,3)21-10-6-19(7-11-21)24-16-25(24)26(32)31-30-17-18-4-14-23(15-5-18)34-27(33)20-8-12-22(29)13-9-20/h4-15,17,24-25H,16H2,1-3H3,(H,31,32)/b30-17+/t24-,25-/m1/s1. The van der Waals surface area contributed by atoms with Crippen molar-refractivity contribution in [2.24, 2.45) is 11.0 Å². The molecule has 4 rings (SSSR count). The first-order valence-electron chi connectivity index (χ1n) is 11.2. The molecule has 0 unspecified atom stereocenters. The molecule has 34 heavy (non-hydrogen) atoms. The van der Waals surface area contributed by atoms with E-state index in [2.05, 4.69) is 55.6 Å². The van der Waals surface area contributed by atoms with Crippen LogP contribution in [0.3, 0.4) is 0 Å². The lowest BCUT2D eigenvalue weighted by atomic mass is 9.86. The van der Waals surface area contributed by atoms with Gasteiger partial charge in [-0.05, 0) is 83.0 Å². The van der Waals surface area contributed by atoms with E-state index < -0.39 is 5.97 Å². The molecule has 1 aliphatic rings. The van der Waals surface area contributed by atoms with Crippen molar-refractivity contribution in [3.63, 3.8) is 0 Å². The molecule has 0 bridgehead atoms. The second-order valence-corrected chi connectivity index (χ2v) is 9.96. The van der Waals surface area contributed by atoms with Gasteiger partial charge in [-0.3, -0.25) is 4.79 Å². The number of hydrazone groups is 1. The highest BCUT2D eigenvalue weighted by Gasteiger charge is 2.44. The average molecular weight is 475 g/mol. The highest BCUT2D eigenvalue weighted by atomic mass is 35.5. The van der Waals surface area contributed by atoms with Crippen LogP contribution in [0, 0.1) is 5.92 Å². The Labute approximate surface area is 204 Å². The molecule has 3 aromatic rings. The quantitative estimate of drug-likeness (QED) is 0.203. The monoisotopic (exact) mass is 474 g/mol. The predicted octanol–water partition coefficient (Wildman–Crippen LogP) is 6.11. The summed E-state index contributed by atoms with van der Waals surface area (Å²) in [6, 6.07) is 21.9. The second-order valence-electron chi connectivity index (χ2n) is 9.52. The van der Waals surface area contributed by atoms with Gasteiger partial charge in [-0.2, -0.15) is 5.10 Å². The smallest absolute Gasteiger partial charge is 0.343 e. The van der Waals surface area contributed by atoms with Crippen molar-refractivity contribution in [1.29, 1.82) is 0 Å². The SMILES string of the molecule is CC(C)(C)c1ccc([C@H]2C[C@H]2C(=O)N/N=C/c2ccc(OC(=O)c3ccc(Cl)cc3)cc2)cc1. The van der Waals surface area contributed by atoms with E-state index in [9.17, 15) is 9.59 Å². The molecule has 0 spiro atoms. The number of halogens is 1. The molecule has 1 fully saturated rings. The third kappa shape index (κ3) is 5.91. The summed E-state index contributed by atoms with van der Waals surface area (Å²) in [7, 11) is 0. The number of benzene rings is 3. The number of ether oxygens (including phenoxy) is 1. The molecule has 1 amide bonds. The molecule has 1 N–H and O–H groups in total. The van der Waals surface area contributed by atoms with E-state index in [1.54, 1.807) is 54.7 Å². The van der Waals surface area contributed by atoms with Crippen molar-refractivity contribution < 1.29 is 14.3 Å². The number of hydrogen-bond donors (Lipinski definition) is 1. The maximum Gasteiger partial charge on any atom is 0.343 e. The van der Waals surface area contributed by atoms with Crippen LogP contribution in [0.5, 0.6) is 5.75 Å². The van der Waals surface area contributed by atoms with Crippen LogP contribution in [-0.4, -0.2) is 18.1 Å². The van der Waals surface area contributed by atoms with Crippen LogP contribution in [0.4, 0.5) is 0 Å². The van der Waals surface area contributed by atoms with E-state index in [-0.39, 0.29) is 23.2 Å². The van der Waals surface area contributed by atoms with Gasteiger partial charge in [-0.25, -0.2) is 10.2 Å². The zero-order chi connectivity index (χ0) is 24.3. The zero-order valence-corrected chi connectivity index (χ0v) is 20.2. The van der Waals surface area contributed by atoms with Gasteiger partial charge in [0.2, 0.25) is 5.91 Å². The van der Waals surface area contributed by atoms with Crippen LogP contribution in [0.2, 0.25) is 5.02 Å². The van der Waals surface area contributed by atoms with Gasteiger partial charge in [-0.15, -0.1) is 0 Å². The molecule has 5 nitrogen and oxygen atoms in total. The van der Waals surface area contributed by atoms with Crippen molar-refractivity contribution in [2.75, 3.05) is 0 Å². The van der Waals surface area contributed by atoms with Gasteiger partial charge in [0.15, 0.2) is 0 Å². The minimum atomic E-state index is -0.461. The third-order valence-corrected chi connectivity index (χ3v) is 6.14. The molecule has 174 valence electrons. The van der Waals surface area contributed by atoms with Crippen LogP contribution in [0.15, 0.2) is 77.9 Å². The molecule has 6 heteroatoms. The molecule has 0 saturated heterocycles. The molecular weight excluding hydrogens is 448 g/mol. The summed E-state index contributed by atoms with van der Waals surface area (Å²) in [5.74, 6) is 0.0811. The number of carbonyl (C=O) groups excluding carboxylic acids is 2. The number of hydrogen-bond acceptors (Lipinski definition) is 4. The highest BCUT2D eigenvalue weighted by molar-refractivity contribution is 6.30. The largest absolute Gasteiger partial charge is 0.423 e. The van der Waals surface area contributed by atoms with E-state index >= 15 is 0 Å². The molecular formula is C28H27ClN2O3. The van der Waals surface area contributed by atoms with Crippen molar-refractivity contribution in [2.45, 2.75) is 38.5 Å². The molecule has 0 radical (unpaired) electrons. The second kappa shape index (κ2) is 9.82. The minimum absolute atomic E-state index is 0.0488. The summed E-state index contributed by atoms with van der Waals surface area (Å²) in [4.78, 5) is 24.6. The maximum absolute atomic E-state index is 12.4. The van der Waals surface area contributed by atoms with Crippen molar-refractivity contribution in [3.8, 4) is 5.75 Å². The summed E-state index contributed by atoms with van der Waals surface area (Å²) >= 11 is 5.84. The Morgan fingerprint density at radius 3 is 2.24 bits per heavy atom. The lowest BCUT2D eigenvalue weighted by molar-refractivity contribution is -0.122. The molecule has 1 aliphatic carbocycles. The number of nitrogens with zero attached hydrogens (tertiary/aromatic N) is 1. The van der Waals surface area contributed by atoms with Gasteiger partial charge in [0.25, 0.3) is 0 Å². The third-order valence-electron chi connectivity index (χ3n) is 5.89. The van der Waals surface area contributed by atoms with Crippen LogP contribution in [-0.2, 0) is 10.2 Å². The van der Waals surface area contributed by atoms with Crippen LogP contribution in [0.1, 0.15) is 60.2 Å². The Morgan fingerprint density at radius 1 is 0.971 bits per heavy atom. The van der Waals surface area contributed by atoms with E-state index in [1.807, 2.05) is 0 Å². The lowest BCUT2D eigenvalue weighted by Gasteiger charge is -2.19. The highest BCUT2D eigenvalue weighted by Crippen LogP contribution is 2.47. The first kappa shape index (κ1) is 23.7. The number of carbonyl (C=O) groups is 2. The van der Waals surface area contributed by atoms with Gasteiger partial charge in [0, 0.05) is 10.9 Å². The van der Waals surface area contributed by atoms with E-state index in [0.29, 0.717) is 16.3 Å². The number of esters is 1. The van der Waals surface area contributed by atoms with E-state index in [4.69, 9.17) is 16.3 Å². The normalized spacial score (nSPS) is 17.4. The fourth-order valence-electron chi connectivity index (χ4n) is 3.71. The van der Waals surface area contributed by atoms with Gasteiger partial charge in [0.05, 0.1) is 11.8 Å². The van der Waals surface area contributed by atoms with E-state index in [1.165, 1.54) is 11.1 Å². The van der Waals surface area contributed by atoms with E-state index in [0.717, 1.165) is 12.0 Å². The molecule has 2 atom stereocenters. The molecule has 0 heterocycles. The fraction of sp³-hybridized carbons (Fsp3) is 0.250. The molecule has 0 aromatic heterocycles. The zero-order valence-electron chi connectivity index (χ0n) is 19.4. The number of nitrogens with one attached hydrogen (secondary N) is 1. The van der Waals surface area contributed by atoms with Gasteiger partial charge < -0.3 is 4.74 Å². The van der Waals surface area contributed by atoms with Crippen LogP contribution in [0.25, 0.3) is 0 Å². The van der Waals surface area contributed by atoms with Crippen LogP contribution >= 0.6 is 11.6 Å². The summed E-state index contributed by atoms with van der Waals surface area (Å²) in [6.07, 6.45) is 2.40. The predicted molar refractivity (Wildman–Crippen MR) is 135 cm³/mol. The minimum Gasteiger partial charge on any atom is -0.423 e. The molecule has 1 saturated carbocycles. The fourth-order valence-corrected chi connectivity index (χ4v) is 3.84. The Balaban J connectivity index is 1.26. The molecule has 3 aromatic carbocycles. The van der Waals surface area contributed by atoms with Crippen LogP contribution < -0.4 is 10.2 Å². The summed E-state index contributed by atoms with van der Waals surface area (Å²) in [5.41, 5.74) is 6.42.